The summed E-state index contributed by atoms with van der Waals surface area (Å²) in [6, 6.07) is 8.72. The van der Waals surface area contributed by atoms with Crippen LogP contribution >= 0.6 is 11.3 Å². The Bertz CT molecular complexity index is 921. The minimum Gasteiger partial charge on any atom is -0.483 e. The second-order valence-corrected chi connectivity index (χ2v) is 6.63. The molecule has 6 heteroatoms. The number of carbonyl (C=O) groups excluding carboxylic acids is 1. The van der Waals surface area contributed by atoms with Crippen molar-refractivity contribution in [3.8, 4) is 5.75 Å². The Kier molecular flexibility index (Phi) is 4.49. The SMILES string of the molecule is Cc1ccc(C)c(OCC(=O)Nc2nc3c(F)cccc3s2)c1C. The van der Waals surface area contributed by atoms with Crippen molar-refractivity contribution in [1.29, 1.82) is 0 Å². The van der Waals surface area contributed by atoms with Crippen molar-refractivity contribution < 1.29 is 13.9 Å². The molecule has 0 spiro atoms. The minimum atomic E-state index is -0.397. The van der Waals surface area contributed by atoms with Crippen LogP contribution < -0.4 is 10.1 Å². The van der Waals surface area contributed by atoms with Crippen molar-refractivity contribution in [3.05, 3.63) is 52.8 Å². The molecule has 3 rings (SSSR count). The summed E-state index contributed by atoms with van der Waals surface area (Å²) in [7, 11) is 0. The fourth-order valence-corrected chi connectivity index (χ4v) is 3.31. The van der Waals surface area contributed by atoms with Gasteiger partial charge in [0.05, 0.1) is 4.70 Å². The van der Waals surface area contributed by atoms with Crippen LogP contribution in [-0.2, 0) is 4.79 Å². The Labute approximate surface area is 143 Å². The summed E-state index contributed by atoms with van der Waals surface area (Å²) in [6.45, 7) is 5.78. The van der Waals surface area contributed by atoms with Gasteiger partial charge in [0.15, 0.2) is 11.7 Å². The average Bonchev–Trinajstić information content (AvgIpc) is 2.95. The first-order valence-electron chi connectivity index (χ1n) is 7.50. The number of benzene rings is 2. The molecule has 124 valence electrons. The van der Waals surface area contributed by atoms with Crippen LogP contribution in [0.5, 0.6) is 5.75 Å². The molecule has 0 fully saturated rings. The molecule has 0 saturated heterocycles. The van der Waals surface area contributed by atoms with Gasteiger partial charge in [-0.05, 0) is 49.6 Å². The Hall–Kier alpha value is -2.47. The number of anilines is 1. The summed E-state index contributed by atoms with van der Waals surface area (Å²) in [5.74, 6) is 0.00164. The van der Waals surface area contributed by atoms with E-state index in [0.29, 0.717) is 9.83 Å². The fraction of sp³-hybridized carbons (Fsp3) is 0.222. The lowest BCUT2D eigenvalue weighted by atomic mass is 10.1. The third-order valence-electron chi connectivity index (χ3n) is 3.84. The molecular formula is C18H17FN2O2S. The summed E-state index contributed by atoms with van der Waals surface area (Å²) < 4.78 is 20.0. The molecule has 1 heterocycles. The molecule has 1 amide bonds. The average molecular weight is 344 g/mol. The first-order chi connectivity index (χ1) is 11.5. The van der Waals surface area contributed by atoms with E-state index in [2.05, 4.69) is 10.3 Å². The maximum atomic E-state index is 13.6. The Morgan fingerprint density at radius 3 is 2.71 bits per heavy atom. The van der Waals surface area contributed by atoms with E-state index in [1.54, 1.807) is 12.1 Å². The van der Waals surface area contributed by atoms with Crippen molar-refractivity contribution in [2.45, 2.75) is 20.8 Å². The van der Waals surface area contributed by atoms with Crippen molar-refractivity contribution in [3.63, 3.8) is 0 Å². The number of para-hydroxylation sites is 1. The van der Waals surface area contributed by atoms with Gasteiger partial charge in [0.1, 0.15) is 17.1 Å². The summed E-state index contributed by atoms with van der Waals surface area (Å²) in [5.41, 5.74) is 3.37. The monoisotopic (exact) mass is 344 g/mol. The lowest BCUT2D eigenvalue weighted by molar-refractivity contribution is -0.118. The predicted octanol–water partition coefficient (Wildman–Crippen LogP) is 4.38. The molecule has 24 heavy (non-hydrogen) atoms. The van der Waals surface area contributed by atoms with Gasteiger partial charge in [-0.1, -0.05) is 29.5 Å². The Balaban J connectivity index is 1.69. The van der Waals surface area contributed by atoms with Gasteiger partial charge in [-0.15, -0.1) is 0 Å². The number of halogens is 1. The molecule has 0 saturated carbocycles. The number of ether oxygens (including phenoxy) is 1. The number of aryl methyl sites for hydroxylation is 2. The lowest BCUT2D eigenvalue weighted by Crippen LogP contribution is -2.20. The molecule has 0 atom stereocenters. The first-order valence-corrected chi connectivity index (χ1v) is 8.32. The maximum Gasteiger partial charge on any atom is 0.264 e. The number of hydrogen-bond donors (Lipinski definition) is 1. The van der Waals surface area contributed by atoms with Gasteiger partial charge in [-0.2, -0.15) is 0 Å². The third-order valence-corrected chi connectivity index (χ3v) is 4.77. The van der Waals surface area contributed by atoms with Gasteiger partial charge < -0.3 is 4.74 Å². The number of fused-ring (bicyclic) bond motifs is 1. The number of aromatic nitrogens is 1. The lowest BCUT2D eigenvalue weighted by Gasteiger charge is -2.13. The molecule has 0 bridgehead atoms. The summed E-state index contributed by atoms with van der Waals surface area (Å²) in [6.07, 6.45) is 0. The van der Waals surface area contributed by atoms with Crippen molar-refractivity contribution in [1.82, 2.24) is 4.98 Å². The summed E-state index contributed by atoms with van der Waals surface area (Å²) >= 11 is 1.23. The third kappa shape index (κ3) is 3.23. The summed E-state index contributed by atoms with van der Waals surface area (Å²) in [4.78, 5) is 16.2. The largest absolute Gasteiger partial charge is 0.483 e. The zero-order chi connectivity index (χ0) is 17.3. The van der Waals surface area contributed by atoms with Crippen LogP contribution in [-0.4, -0.2) is 17.5 Å². The van der Waals surface area contributed by atoms with Crippen LogP contribution in [0.3, 0.4) is 0 Å². The number of nitrogens with zero attached hydrogens (tertiary/aromatic N) is 1. The van der Waals surface area contributed by atoms with Crippen LogP contribution in [0.1, 0.15) is 16.7 Å². The smallest absolute Gasteiger partial charge is 0.264 e. The number of carbonyl (C=O) groups is 1. The van der Waals surface area contributed by atoms with Gasteiger partial charge in [0.2, 0.25) is 0 Å². The molecular weight excluding hydrogens is 327 g/mol. The molecule has 0 radical (unpaired) electrons. The fourth-order valence-electron chi connectivity index (χ4n) is 2.41. The highest BCUT2D eigenvalue weighted by molar-refractivity contribution is 7.22. The van der Waals surface area contributed by atoms with E-state index in [4.69, 9.17) is 4.74 Å². The van der Waals surface area contributed by atoms with Gasteiger partial charge in [-0.3, -0.25) is 10.1 Å². The van der Waals surface area contributed by atoms with Crippen LogP contribution in [0.4, 0.5) is 9.52 Å². The quantitative estimate of drug-likeness (QED) is 0.764. The van der Waals surface area contributed by atoms with Gasteiger partial charge in [0, 0.05) is 0 Å². The minimum absolute atomic E-state index is 0.121. The second kappa shape index (κ2) is 6.57. The zero-order valence-electron chi connectivity index (χ0n) is 13.6. The normalized spacial score (nSPS) is 10.8. The van der Waals surface area contributed by atoms with E-state index in [0.717, 1.165) is 22.4 Å². The number of amides is 1. The molecule has 2 aromatic carbocycles. The Morgan fingerprint density at radius 2 is 1.96 bits per heavy atom. The Morgan fingerprint density at radius 1 is 1.21 bits per heavy atom. The second-order valence-electron chi connectivity index (χ2n) is 5.60. The highest BCUT2D eigenvalue weighted by atomic mass is 32.1. The van der Waals surface area contributed by atoms with E-state index in [1.165, 1.54) is 17.4 Å². The van der Waals surface area contributed by atoms with Crippen LogP contribution in [0.25, 0.3) is 10.2 Å². The molecule has 1 aromatic heterocycles. The topological polar surface area (TPSA) is 51.2 Å². The van der Waals surface area contributed by atoms with Gasteiger partial charge in [-0.25, -0.2) is 9.37 Å². The summed E-state index contributed by atoms with van der Waals surface area (Å²) in [5, 5.41) is 3.02. The van der Waals surface area contributed by atoms with Gasteiger partial charge in [0.25, 0.3) is 5.91 Å². The van der Waals surface area contributed by atoms with E-state index in [9.17, 15) is 9.18 Å². The van der Waals surface area contributed by atoms with E-state index in [1.807, 2.05) is 32.9 Å². The number of rotatable bonds is 4. The molecule has 0 unspecified atom stereocenters. The van der Waals surface area contributed by atoms with Gasteiger partial charge >= 0.3 is 0 Å². The standard InChI is InChI=1S/C18H17FN2O2S/c1-10-7-8-11(2)17(12(10)3)23-9-15(22)20-18-21-16-13(19)5-4-6-14(16)24-18/h4-8H,9H2,1-3H3,(H,20,21,22). The number of nitrogens with one attached hydrogen (secondary N) is 1. The molecule has 3 aromatic rings. The molecule has 4 nitrogen and oxygen atoms in total. The molecule has 0 aliphatic carbocycles. The predicted molar refractivity (Wildman–Crippen MR) is 94.4 cm³/mol. The maximum absolute atomic E-state index is 13.6. The van der Waals surface area contributed by atoms with E-state index < -0.39 is 5.82 Å². The molecule has 0 aliphatic heterocycles. The van der Waals surface area contributed by atoms with E-state index >= 15 is 0 Å². The van der Waals surface area contributed by atoms with Crippen LogP contribution in [0.15, 0.2) is 30.3 Å². The van der Waals surface area contributed by atoms with E-state index in [-0.39, 0.29) is 18.0 Å². The highest BCUT2D eigenvalue weighted by Gasteiger charge is 2.12. The van der Waals surface area contributed by atoms with Crippen LogP contribution in [0.2, 0.25) is 0 Å². The van der Waals surface area contributed by atoms with Crippen molar-refractivity contribution in [2.75, 3.05) is 11.9 Å². The van der Waals surface area contributed by atoms with Crippen molar-refractivity contribution in [2.24, 2.45) is 0 Å². The highest BCUT2D eigenvalue weighted by Crippen LogP contribution is 2.28. The number of thiazole rings is 1. The first kappa shape index (κ1) is 16.4. The molecule has 1 N–H and O–H groups in total. The molecule has 0 aliphatic rings. The van der Waals surface area contributed by atoms with Crippen LogP contribution in [0, 0.1) is 26.6 Å². The zero-order valence-corrected chi connectivity index (χ0v) is 14.5. The number of hydrogen-bond acceptors (Lipinski definition) is 4. The van der Waals surface area contributed by atoms with Crippen molar-refractivity contribution >= 4 is 32.6 Å².